The third-order valence-corrected chi connectivity index (χ3v) is 4.89. The fourth-order valence-corrected chi connectivity index (χ4v) is 3.52. The van der Waals surface area contributed by atoms with Crippen molar-refractivity contribution in [2.75, 3.05) is 11.2 Å². The second-order valence-electron chi connectivity index (χ2n) is 6.37. The molecule has 6 heteroatoms. The molecule has 1 aliphatic heterocycles. The SMILES string of the molecule is O=C(CCCCc1ccc(OCI)cc1)N1C(=O)OC[C@H]1c1ccccc1. The third-order valence-electron chi connectivity index (χ3n) is 4.58. The lowest BCUT2D eigenvalue weighted by molar-refractivity contribution is -0.129. The van der Waals surface area contributed by atoms with Gasteiger partial charge in [0.05, 0.1) is 0 Å². The molecule has 3 rings (SSSR count). The zero-order valence-corrected chi connectivity index (χ0v) is 17.1. The molecule has 1 heterocycles. The molecule has 0 bridgehead atoms. The molecule has 0 spiro atoms. The highest BCUT2D eigenvalue weighted by Crippen LogP contribution is 2.28. The first-order chi connectivity index (χ1) is 13.2. The van der Waals surface area contributed by atoms with Gasteiger partial charge in [-0.15, -0.1) is 0 Å². The lowest BCUT2D eigenvalue weighted by atomic mass is 10.0. The molecule has 2 amide bonds. The normalized spacial score (nSPS) is 16.3. The molecule has 27 heavy (non-hydrogen) atoms. The Morgan fingerprint density at radius 1 is 1.11 bits per heavy atom. The molecule has 0 radical (unpaired) electrons. The number of aryl methyl sites for hydroxylation is 1. The number of halogens is 1. The predicted octanol–water partition coefficient (Wildman–Crippen LogP) is 4.89. The number of alkyl halides is 1. The van der Waals surface area contributed by atoms with Gasteiger partial charge < -0.3 is 9.47 Å². The Morgan fingerprint density at radius 2 is 1.85 bits per heavy atom. The van der Waals surface area contributed by atoms with E-state index in [9.17, 15) is 9.59 Å². The van der Waals surface area contributed by atoms with Gasteiger partial charge >= 0.3 is 6.09 Å². The number of hydrogen-bond acceptors (Lipinski definition) is 4. The van der Waals surface area contributed by atoms with Crippen LogP contribution in [0.25, 0.3) is 0 Å². The summed E-state index contributed by atoms with van der Waals surface area (Å²) in [5, 5.41) is 0. The molecular weight excluding hydrogens is 457 g/mol. The summed E-state index contributed by atoms with van der Waals surface area (Å²) >= 11 is 2.16. The van der Waals surface area contributed by atoms with Gasteiger partial charge in [-0.3, -0.25) is 4.79 Å². The number of amides is 2. The van der Waals surface area contributed by atoms with Crippen molar-refractivity contribution < 1.29 is 19.1 Å². The minimum absolute atomic E-state index is 0.169. The molecule has 0 unspecified atom stereocenters. The summed E-state index contributed by atoms with van der Waals surface area (Å²) < 4.78 is 11.2. The van der Waals surface area contributed by atoms with Crippen molar-refractivity contribution in [2.45, 2.75) is 31.7 Å². The van der Waals surface area contributed by atoms with Gasteiger partial charge in [0.1, 0.15) is 23.0 Å². The van der Waals surface area contributed by atoms with E-state index in [0.717, 1.165) is 30.6 Å². The topological polar surface area (TPSA) is 55.8 Å². The molecular formula is C21H22INO4. The largest absolute Gasteiger partial charge is 0.483 e. The average Bonchev–Trinajstić information content (AvgIpc) is 3.09. The van der Waals surface area contributed by atoms with E-state index in [2.05, 4.69) is 22.6 Å². The number of carbonyl (C=O) groups is 2. The van der Waals surface area contributed by atoms with Crippen LogP contribution in [0.2, 0.25) is 0 Å². The van der Waals surface area contributed by atoms with Gasteiger partial charge in [-0.25, -0.2) is 9.69 Å². The number of benzene rings is 2. The number of nitrogens with zero attached hydrogens (tertiary/aromatic N) is 1. The van der Waals surface area contributed by atoms with Crippen LogP contribution < -0.4 is 4.74 Å². The molecule has 0 N–H and O–H groups in total. The first-order valence-electron chi connectivity index (χ1n) is 9.00. The minimum atomic E-state index is -0.542. The van der Waals surface area contributed by atoms with E-state index in [1.165, 1.54) is 10.5 Å². The monoisotopic (exact) mass is 479 g/mol. The molecule has 1 saturated heterocycles. The summed E-state index contributed by atoms with van der Waals surface area (Å²) in [4.78, 5) is 25.9. The van der Waals surface area contributed by atoms with E-state index >= 15 is 0 Å². The van der Waals surface area contributed by atoms with E-state index < -0.39 is 6.09 Å². The highest BCUT2D eigenvalue weighted by atomic mass is 127. The van der Waals surface area contributed by atoms with Crippen molar-refractivity contribution in [1.82, 2.24) is 4.90 Å². The number of cyclic esters (lactones) is 1. The summed E-state index contributed by atoms with van der Waals surface area (Å²) in [7, 11) is 0. The lowest BCUT2D eigenvalue weighted by Gasteiger charge is -2.19. The van der Waals surface area contributed by atoms with Crippen molar-refractivity contribution >= 4 is 34.6 Å². The highest BCUT2D eigenvalue weighted by molar-refractivity contribution is 14.1. The molecule has 5 nitrogen and oxygen atoms in total. The van der Waals surface area contributed by atoms with Crippen LogP contribution in [0.3, 0.4) is 0 Å². The molecule has 142 valence electrons. The Balaban J connectivity index is 1.48. The van der Waals surface area contributed by atoms with Crippen LogP contribution >= 0.6 is 22.6 Å². The second kappa shape index (κ2) is 9.73. The maximum Gasteiger partial charge on any atom is 0.417 e. The number of imide groups is 1. The Hall–Kier alpha value is -2.09. The van der Waals surface area contributed by atoms with Gasteiger partial charge in [-0.05, 0) is 65.1 Å². The molecule has 0 aliphatic carbocycles. The first kappa shape index (κ1) is 19.7. The van der Waals surface area contributed by atoms with E-state index in [1.54, 1.807) is 0 Å². The molecule has 2 aromatic rings. The van der Waals surface area contributed by atoms with Gasteiger partial charge in [0, 0.05) is 6.42 Å². The number of unbranched alkanes of at least 4 members (excludes halogenated alkanes) is 1. The Labute approximate surface area is 172 Å². The highest BCUT2D eigenvalue weighted by Gasteiger charge is 2.38. The van der Waals surface area contributed by atoms with Gasteiger partial charge in [0.15, 0.2) is 0 Å². The summed E-state index contributed by atoms with van der Waals surface area (Å²) in [5.41, 5.74) is 2.14. The summed E-state index contributed by atoms with van der Waals surface area (Å²) in [5.74, 6) is 0.694. The maximum absolute atomic E-state index is 12.6. The molecule has 0 saturated carbocycles. The number of carbonyl (C=O) groups excluding carboxylic acids is 2. The smallest absolute Gasteiger partial charge is 0.417 e. The Morgan fingerprint density at radius 3 is 2.56 bits per heavy atom. The van der Waals surface area contributed by atoms with Crippen LogP contribution in [0.1, 0.15) is 36.4 Å². The van der Waals surface area contributed by atoms with Crippen LogP contribution in [-0.4, -0.2) is 28.1 Å². The van der Waals surface area contributed by atoms with Crippen LogP contribution in [0, 0.1) is 0 Å². The summed E-state index contributed by atoms with van der Waals surface area (Å²) in [6.07, 6.45) is 2.31. The Bertz CT molecular complexity index is 764. The van der Waals surface area contributed by atoms with Crippen molar-refractivity contribution in [3.63, 3.8) is 0 Å². The van der Waals surface area contributed by atoms with E-state index in [4.69, 9.17) is 9.47 Å². The van der Waals surface area contributed by atoms with Gasteiger partial charge in [-0.2, -0.15) is 0 Å². The van der Waals surface area contributed by atoms with Crippen LogP contribution in [-0.2, 0) is 16.0 Å². The number of hydrogen-bond donors (Lipinski definition) is 0. The number of ether oxygens (including phenoxy) is 2. The third kappa shape index (κ3) is 5.22. The van der Waals surface area contributed by atoms with Crippen molar-refractivity contribution in [1.29, 1.82) is 0 Å². The maximum atomic E-state index is 12.6. The minimum Gasteiger partial charge on any atom is -0.483 e. The van der Waals surface area contributed by atoms with Crippen LogP contribution in [0.15, 0.2) is 54.6 Å². The van der Waals surface area contributed by atoms with E-state index in [0.29, 0.717) is 11.0 Å². The summed E-state index contributed by atoms with van der Waals surface area (Å²) in [6.45, 7) is 0.222. The van der Waals surface area contributed by atoms with Crippen molar-refractivity contribution in [3.8, 4) is 5.75 Å². The van der Waals surface area contributed by atoms with E-state index in [-0.39, 0.29) is 18.6 Å². The first-order valence-corrected chi connectivity index (χ1v) is 10.5. The zero-order valence-electron chi connectivity index (χ0n) is 15.0. The zero-order chi connectivity index (χ0) is 19.1. The summed E-state index contributed by atoms with van der Waals surface area (Å²) in [6, 6.07) is 17.2. The van der Waals surface area contributed by atoms with Crippen LogP contribution in [0.5, 0.6) is 5.75 Å². The fourth-order valence-electron chi connectivity index (χ4n) is 3.16. The predicted molar refractivity (Wildman–Crippen MR) is 111 cm³/mol. The van der Waals surface area contributed by atoms with Crippen molar-refractivity contribution in [2.24, 2.45) is 0 Å². The van der Waals surface area contributed by atoms with E-state index in [1.807, 2.05) is 54.6 Å². The molecule has 1 fully saturated rings. The average molecular weight is 479 g/mol. The molecule has 0 aromatic heterocycles. The fraction of sp³-hybridized carbons (Fsp3) is 0.333. The van der Waals surface area contributed by atoms with Gasteiger partial charge in [-0.1, -0.05) is 42.5 Å². The second-order valence-corrected chi connectivity index (χ2v) is 6.99. The van der Waals surface area contributed by atoms with Gasteiger partial charge in [0.2, 0.25) is 5.91 Å². The molecule has 2 aromatic carbocycles. The number of rotatable bonds is 8. The molecule has 1 atom stereocenters. The Kier molecular flexibility index (Phi) is 7.09. The van der Waals surface area contributed by atoms with Gasteiger partial charge in [0.25, 0.3) is 0 Å². The van der Waals surface area contributed by atoms with Crippen LogP contribution in [0.4, 0.5) is 4.79 Å². The quantitative estimate of drug-likeness (QED) is 0.308. The standard InChI is InChI=1S/C21H22INO4/c22-15-27-18-12-10-16(11-13-18)6-4-5-9-20(24)23-19(14-26-21(23)25)17-7-2-1-3-8-17/h1-3,7-8,10-13,19H,4-6,9,14-15H2/t19-/m0/s1. The molecule has 1 aliphatic rings. The lowest BCUT2D eigenvalue weighted by Crippen LogP contribution is -2.34. The van der Waals surface area contributed by atoms with Crippen molar-refractivity contribution in [3.05, 3.63) is 65.7 Å².